The van der Waals surface area contributed by atoms with E-state index in [1.54, 1.807) is 13.3 Å². The highest BCUT2D eigenvalue weighted by molar-refractivity contribution is 5.35. The van der Waals surface area contributed by atoms with Crippen molar-refractivity contribution >= 4 is 0 Å². The zero-order chi connectivity index (χ0) is 16.2. The van der Waals surface area contributed by atoms with Gasteiger partial charge in [0.15, 0.2) is 0 Å². The number of rotatable bonds is 5. The lowest BCUT2D eigenvalue weighted by atomic mass is 10.0. The van der Waals surface area contributed by atoms with Gasteiger partial charge in [-0.25, -0.2) is 4.98 Å². The van der Waals surface area contributed by atoms with Gasteiger partial charge in [0, 0.05) is 44.8 Å². The van der Waals surface area contributed by atoms with Gasteiger partial charge in [-0.1, -0.05) is 0 Å². The quantitative estimate of drug-likeness (QED) is 0.916. The maximum atomic E-state index is 5.99. The summed E-state index contributed by atoms with van der Waals surface area (Å²) in [7, 11) is 3.68. The van der Waals surface area contributed by atoms with Crippen molar-refractivity contribution in [2.24, 2.45) is 7.05 Å². The fourth-order valence-corrected chi connectivity index (χ4v) is 3.07. The summed E-state index contributed by atoms with van der Waals surface area (Å²) in [6, 6.07) is 0.246. The number of pyridine rings is 1. The Balaban J connectivity index is 1.72. The van der Waals surface area contributed by atoms with Crippen molar-refractivity contribution < 1.29 is 9.47 Å². The zero-order valence-corrected chi connectivity index (χ0v) is 14.0. The van der Waals surface area contributed by atoms with E-state index in [1.807, 2.05) is 30.2 Å². The molecule has 1 saturated heterocycles. The van der Waals surface area contributed by atoms with Gasteiger partial charge in [-0.3, -0.25) is 4.98 Å². The molecule has 3 heterocycles. The van der Waals surface area contributed by atoms with Crippen molar-refractivity contribution in [3.63, 3.8) is 0 Å². The minimum Gasteiger partial charge on any atom is -0.495 e. The Morgan fingerprint density at radius 1 is 1.43 bits per heavy atom. The number of hydrogen-bond acceptors (Lipinski definition) is 5. The second kappa shape index (κ2) is 7.10. The van der Waals surface area contributed by atoms with E-state index in [4.69, 9.17) is 9.47 Å². The van der Waals surface area contributed by atoms with Crippen LogP contribution in [0.25, 0.3) is 0 Å². The van der Waals surface area contributed by atoms with E-state index in [2.05, 4.69) is 22.2 Å². The first-order chi connectivity index (χ1) is 11.2. The second-order valence-corrected chi connectivity index (χ2v) is 5.94. The van der Waals surface area contributed by atoms with Gasteiger partial charge in [0.25, 0.3) is 0 Å². The van der Waals surface area contributed by atoms with Gasteiger partial charge in [0.05, 0.1) is 13.3 Å². The number of aryl methyl sites for hydroxylation is 1. The normalized spacial score (nSPS) is 21.3. The first-order valence-corrected chi connectivity index (χ1v) is 8.00. The Labute approximate surface area is 136 Å². The summed E-state index contributed by atoms with van der Waals surface area (Å²) in [6.45, 7) is 3.59. The molecule has 2 aromatic heterocycles. The molecule has 2 atom stereocenters. The molecule has 0 radical (unpaired) electrons. The van der Waals surface area contributed by atoms with E-state index < -0.39 is 0 Å². The lowest BCUT2D eigenvalue weighted by Gasteiger charge is -2.32. The van der Waals surface area contributed by atoms with Crippen LogP contribution < -0.4 is 10.1 Å². The number of nitrogens with one attached hydrogen (secondary N) is 1. The molecule has 0 saturated carbocycles. The molecule has 1 N–H and O–H groups in total. The minimum absolute atomic E-state index is 0.0115. The lowest BCUT2D eigenvalue weighted by molar-refractivity contribution is -0.0178. The Bertz CT molecular complexity index is 656. The summed E-state index contributed by atoms with van der Waals surface area (Å²) in [5.41, 5.74) is 2.27. The van der Waals surface area contributed by atoms with E-state index in [-0.39, 0.29) is 12.1 Å². The van der Waals surface area contributed by atoms with Gasteiger partial charge in [0.2, 0.25) is 0 Å². The highest BCUT2D eigenvalue weighted by Gasteiger charge is 2.30. The fraction of sp³-hybridized carbons (Fsp3) is 0.529. The Morgan fingerprint density at radius 2 is 2.30 bits per heavy atom. The van der Waals surface area contributed by atoms with Crippen molar-refractivity contribution in [2.45, 2.75) is 38.5 Å². The number of methoxy groups -OCH3 is 1. The summed E-state index contributed by atoms with van der Waals surface area (Å²) in [4.78, 5) is 8.71. The smallest absolute Gasteiger partial charge is 0.140 e. The van der Waals surface area contributed by atoms with Crippen LogP contribution in [0.3, 0.4) is 0 Å². The molecule has 6 heteroatoms. The van der Waals surface area contributed by atoms with E-state index in [1.165, 1.54) is 0 Å². The molecule has 1 aliphatic heterocycles. The highest BCUT2D eigenvalue weighted by atomic mass is 16.5. The molecule has 0 unspecified atom stereocenters. The van der Waals surface area contributed by atoms with Crippen molar-refractivity contribution in [1.29, 1.82) is 0 Å². The molecular formula is C17H24N4O2. The third-order valence-corrected chi connectivity index (χ3v) is 4.48. The van der Waals surface area contributed by atoms with Crippen LogP contribution >= 0.6 is 0 Å². The van der Waals surface area contributed by atoms with Crippen LogP contribution in [0.15, 0.2) is 24.8 Å². The predicted molar refractivity (Wildman–Crippen MR) is 87.3 cm³/mol. The van der Waals surface area contributed by atoms with E-state index in [0.29, 0.717) is 0 Å². The van der Waals surface area contributed by atoms with E-state index >= 15 is 0 Å². The topological polar surface area (TPSA) is 61.2 Å². The molecule has 124 valence electrons. The van der Waals surface area contributed by atoms with Gasteiger partial charge < -0.3 is 19.4 Å². The maximum absolute atomic E-state index is 5.99. The molecule has 1 fully saturated rings. The number of hydrogen-bond donors (Lipinski definition) is 1. The minimum atomic E-state index is -0.0115. The van der Waals surface area contributed by atoms with Crippen LogP contribution in [0.5, 0.6) is 5.75 Å². The summed E-state index contributed by atoms with van der Waals surface area (Å²) >= 11 is 0. The van der Waals surface area contributed by atoms with Crippen LogP contribution in [0.1, 0.15) is 35.9 Å². The molecule has 0 amide bonds. The Morgan fingerprint density at radius 3 is 3.04 bits per heavy atom. The van der Waals surface area contributed by atoms with Crippen molar-refractivity contribution in [3.05, 3.63) is 41.7 Å². The third kappa shape index (κ3) is 3.38. The first-order valence-electron chi connectivity index (χ1n) is 8.00. The largest absolute Gasteiger partial charge is 0.495 e. The molecule has 0 aliphatic carbocycles. The van der Waals surface area contributed by atoms with Crippen LogP contribution in [-0.2, 0) is 18.3 Å². The molecular weight excluding hydrogens is 292 g/mol. The maximum Gasteiger partial charge on any atom is 0.140 e. The lowest BCUT2D eigenvalue weighted by Crippen LogP contribution is -2.40. The second-order valence-electron chi connectivity index (χ2n) is 5.94. The highest BCUT2D eigenvalue weighted by Crippen LogP contribution is 2.28. The van der Waals surface area contributed by atoms with E-state index in [0.717, 1.165) is 48.7 Å². The van der Waals surface area contributed by atoms with Crippen LogP contribution in [0.4, 0.5) is 0 Å². The standard InChI is InChI=1S/C17H24N4O2/c1-12-13(9-18-11-15(12)22-3)10-20-14-5-4-8-23-16(14)17-19-6-7-21(17)2/h6-7,9,11,14,16,20H,4-5,8,10H2,1-3H3/t14-,16-/m1/s1. The van der Waals surface area contributed by atoms with Crippen LogP contribution in [-0.4, -0.2) is 34.3 Å². The number of aromatic nitrogens is 3. The fourth-order valence-electron chi connectivity index (χ4n) is 3.07. The Hall–Kier alpha value is -1.92. The SMILES string of the molecule is COc1cncc(CN[C@@H]2CCCO[C@H]2c2nccn2C)c1C. The van der Waals surface area contributed by atoms with Crippen LogP contribution in [0, 0.1) is 6.92 Å². The van der Waals surface area contributed by atoms with Crippen molar-refractivity contribution in [2.75, 3.05) is 13.7 Å². The van der Waals surface area contributed by atoms with Gasteiger partial charge in [0.1, 0.15) is 17.7 Å². The van der Waals surface area contributed by atoms with Gasteiger partial charge in [-0.2, -0.15) is 0 Å². The Kier molecular flexibility index (Phi) is 4.93. The average molecular weight is 316 g/mol. The third-order valence-electron chi connectivity index (χ3n) is 4.48. The molecule has 3 rings (SSSR count). The monoisotopic (exact) mass is 316 g/mol. The molecule has 23 heavy (non-hydrogen) atoms. The first kappa shape index (κ1) is 16.0. The molecule has 6 nitrogen and oxygen atoms in total. The van der Waals surface area contributed by atoms with Crippen molar-refractivity contribution in [3.8, 4) is 5.75 Å². The molecule has 1 aliphatic rings. The van der Waals surface area contributed by atoms with Gasteiger partial charge in [-0.15, -0.1) is 0 Å². The summed E-state index contributed by atoms with van der Waals surface area (Å²) < 4.78 is 13.4. The molecule has 2 aromatic rings. The summed E-state index contributed by atoms with van der Waals surface area (Å²) in [5.74, 6) is 1.80. The van der Waals surface area contributed by atoms with E-state index in [9.17, 15) is 0 Å². The molecule has 0 bridgehead atoms. The molecule has 0 aromatic carbocycles. The van der Waals surface area contributed by atoms with Gasteiger partial charge in [-0.05, 0) is 30.9 Å². The average Bonchev–Trinajstić information content (AvgIpc) is 3.00. The number of ether oxygens (including phenoxy) is 2. The number of imidazole rings is 1. The predicted octanol–water partition coefficient (Wildman–Crippen LogP) is 2.14. The molecule has 0 spiro atoms. The van der Waals surface area contributed by atoms with Gasteiger partial charge >= 0.3 is 0 Å². The zero-order valence-electron chi connectivity index (χ0n) is 14.0. The number of nitrogens with zero attached hydrogens (tertiary/aromatic N) is 3. The summed E-state index contributed by atoms with van der Waals surface area (Å²) in [6.07, 6.45) is 9.55. The summed E-state index contributed by atoms with van der Waals surface area (Å²) in [5, 5.41) is 3.62. The van der Waals surface area contributed by atoms with Crippen molar-refractivity contribution in [1.82, 2.24) is 19.9 Å². The van der Waals surface area contributed by atoms with Crippen LogP contribution in [0.2, 0.25) is 0 Å².